The smallest absolute Gasteiger partial charge is 0.254 e. The second-order valence-electron chi connectivity index (χ2n) is 4.57. The minimum Gasteiger partial charge on any atom is -0.493 e. The molecule has 0 saturated carbocycles. The SMILES string of the molecule is COC1=C(OC)C(O)(C#CCOCC#Cc2ccccc2)C1=O. The molecule has 1 unspecified atom stereocenters. The van der Waals surface area contributed by atoms with Crippen molar-refractivity contribution in [3.05, 3.63) is 47.4 Å². The average Bonchev–Trinajstić information content (AvgIpc) is 2.58. The van der Waals surface area contributed by atoms with Gasteiger partial charge in [-0.1, -0.05) is 36.0 Å². The highest BCUT2D eigenvalue weighted by atomic mass is 16.5. The topological polar surface area (TPSA) is 65.0 Å². The summed E-state index contributed by atoms with van der Waals surface area (Å²) in [7, 11) is 2.66. The molecule has 5 nitrogen and oxygen atoms in total. The second kappa shape index (κ2) is 7.51. The summed E-state index contributed by atoms with van der Waals surface area (Å²) in [5.74, 6) is 10.2. The Balaban J connectivity index is 1.84. The Kier molecular flexibility index (Phi) is 5.43. The minimum atomic E-state index is -1.95. The number of carbonyl (C=O) groups is 1. The van der Waals surface area contributed by atoms with E-state index in [1.807, 2.05) is 30.3 Å². The van der Waals surface area contributed by atoms with Crippen molar-refractivity contribution in [2.24, 2.45) is 0 Å². The highest BCUT2D eigenvalue weighted by Gasteiger charge is 2.55. The Labute approximate surface area is 134 Å². The molecule has 1 atom stereocenters. The normalized spacial score (nSPS) is 19.0. The van der Waals surface area contributed by atoms with Crippen molar-refractivity contribution in [1.82, 2.24) is 0 Å². The summed E-state index contributed by atoms with van der Waals surface area (Å²) in [6, 6.07) is 9.53. The Bertz CT molecular complexity index is 727. The minimum absolute atomic E-state index is 0.0149. The molecule has 5 heteroatoms. The third-order valence-corrected chi connectivity index (χ3v) is 3.10. The summed E-state index contributed by atoms with van der Waals surface area (Å²) in [5.41, 5.74) is -1.04. The van der Waals surface area contributed by atoms with Crippen LogP contribution in [0.5, 0.6) is 0 Å². The van der Waals surface area contributed by atoms with Crippen LogP contribution in [0.25, 0.3) is 0 Å². The van der Waals surface area contributed by atoms with E-state index in [-0.39, 0.29) is 24.7 Å². The average molecular weight is 312 g/mol. The summed E-state index contributed by atoms with van der Waals surface area (Å²) in [4.78, 5) is 11.7. The summed E-state index contributed by atoms with van der Waals surface area (Å²) in [5, 5.41) is 10.1. The molecule has 0 saturated heterocycles. The van der Waals surface area contributed by atoms with E-state index in [4.69, 9.17) is 14.2 Å². The molecular weight excluding hydrogens is 296 g/mol. The van der Waals surface area contributed by atoms with Gasteiger partial charge in [0.15, 0.2) is 5.76 Å². The lowest BCUT2D eigenvalue weighted by Gasteiger charge is -2.32. The zero-order valence-corrected chi connectivity index (χ0v) is 12.9. The van der Waals surface area contributed by atoms with Crippen LogP contribution in [0, 0.1) is 23.7 Å². The second-order valence-corrected chi connectivity index (χ2v) is 4.57. The molecule has 0 spiro atoms. The first kappa shape index (κ1) is 16.6. The molecule has 1 aliphatic rings. The molecule has 1 aromatic carbocycles. The van der Waals surface area contributed by atoms with Crippen molar-refractivity contribution >= 4 is 5.78 Å². The molecule has 0 amide bonds. The largest absolute Gasteiger partial charge is 0.493 e. The maximum absolute atomic E-state index is 11.7. The molecule has 23 heavy (non-hydrogen) atoms. The maximum atomic E-state index is 11.7. The highest BCUT2D eigenvalue weighted by Crippen LogP contribution is 2.35. The Morgan fingerprint density at radius 1 is 1.09 bits per heavy atom. The monoisotopic (exact) mass is 312 g/mol. The van der Waals surface area contributed by atoms with Gasteiger partial charge in [0, 0.05) is 5.56 Å². The quantitative estimate of drug-likeness (QED) is 0.660. The van der Waals surface area contributed by atoms with Crippen LogP contribution in [-0.4, -0.2) is 43.9 Å². The van der Waals surface area contributed by atoms with Crippen LogP contribution in [0.2, 0.25) is 0 Å². The lowest BCUT2D eigenvalue weighted by molar-refractivity contribution is -0.138. The first-order chi connectivity index (χ1) is 11.1. The standard InChI is InChI=1S/C18H16O5/c1-21-15-16(19)18(20,17(15)22-2)11-7-13-23-12-6-10-14-8-4-3-5-9-14/h3-5,8-9,20H,12-13H2,1-2H3. The van der Waals surface area contributed by atoms with Crippen molar-refractivity contribution in [2.75, 3.05) is 27.4 Å². The summed E-state index contributed by atoms with van der Waals surface area (Å²) in [6.45, 7) is 0.241. The molecule has 0 aromatic heterocycles. The Morgan fingerprint density at radius 3 is 2.43 bits per heavy atom. The molecule has 0 heterocycles. The fourth-order valence-electron chi connectivity index (χ4n) is 1.99. The van der Waals surface area contributed by atoms with E-state index in [0.717, 1.165) is 5.56 Å². The van der Waals surface area contributed by atoms with E-state index in [1.165, 1.54) is 14.2 Å². The van der Waals surface area contributed by atoms with E-state index in [2.05, 4.69) is 23.7 Å². The Morgan fingerprint density at radius 2 is 1.78 bits per heavy atom. The number of methoxy groups -OCH3 is 2. The van der Waals surface area contributed by atoms with Gasteiger partial charge in [-0.25, -0.2) is 0 Å². The van der Waals surface area contributed by atoms with Crippen LogP contribution in [-0.2, 0) is 19.0 Å². The first-order valence-corrected chi connectivity index (χ1v) is 6.85. The number of aliphatic hydroxyl groups is 1. The van der Waals surface area contributed by atoms with Gasteiger partial charge in [0.2, 0.25) is 5.76 Å². The fraction of sp³-hybridized carbons (Fsp3) is 0.278. The molecule has 0 radical (unpaired) electrons. The van der Waals surface area contributed by atoms with Crippen LogP contribution in [0.15, 0.2) is 41.9 Å². The van der Waals surface area contributed by atoms with Gasteiger partial charge in [0.1, 0.15) is 13.2 Å². The van der Waals surface area contributed by atoms with Crippen LogP contribution in [0.3, 0.4) is 0 Å². The van der Waals surface area contributed by atoms with Crippen molar-refractivity contribution in [3.8, 4) is 23.7 Å². The summed E-state index contributed by atoms with van der Waals surface area (Å²) < 4.78 is 15.0. The van der Waals surface area contributed by atoms with Crippen molar-refractivity contribution in [1.29, 1.82) is 0 Å². The number of hydrogen-bond donors (Lipinski definition) is 1. The van der Waals surface area contributed by atoms with Gasteiger partial charge < -0.3 is 19.3 Å². The lowest BCUT2D eigenvalue weighted by atomic mass is 9.83. The van der Waals surface area contributed by atoms with Gasteiger partial charge in [-0.2, -0.15) is 0 Å². The van der Waals surface area contributed by atoms with Gasteiger partial charge in [0.05, 0.1) is 14.2 Å². The number of benzene rings is 1. The van der Waals surface area contributed by atoms with Crippen LogP contribution in [0.4, 0.5) is 0 Å². The fourth-order valence-corrected chi connectivity index (χ4v) is 1.99. The molecule has 118 valence electrons. The predicted octanol–water partition coefficient (Wildman–Crippen LogP) is 0.876. The number of Topliss-reactive ketones (excluding diaryl/α,β-unsaturated/α-hetero) is 1. The van der Waals surface area contributed by atoms with Crippen molar-refractivity contribution in [2.45, 2.75) is 5.60 Å². The van der Waals surface area contributed by atoms with Gasteiger partial charge in [-0.3, -0.25) is 4.79 Å². The van der Waals surface area contributed by atoms with Gasteiger partial charge >= 0.3 is 0 Å². The number of ketones is 1. The number of carbonyl (C=O) groups excluding carboxylic acids is 1. The zero-order chi connectivity index (χ0) is 16.7. The molecule has 0 fully saturated rings. The van der Waals surface area contributed by atoms with Gasteiger partial charge in [0.25, 0.3) is 11.4 Å². The number of ether oxygens (including phenoxy) is 3. The van der Waals surface area contributed by atoms with E-state index in [9.17, 15) is 9.90 Å². The molecule has 2 rings (SSSR count). The molecular formula is C18H16O5. The van der Waals surface area contributed by atoms with E-state index < -0.39 is 11.4 Å². The van der Waals surface area contributed by atoms with Crippen molar-refractivity contribution in [3.63, 3.8) is 0 Å². The first-order valence-electron chi connectivity index (χ1n) is 6.85. The summed E-state index contributed by atoms with van der Waals surface area (Å²) >= 11 is 0. The third-order valence-electron chi connectivity index (χ3n) is 3.10. The number of hydrogen-bond acceptors (Lipinski definition) is 5. The van der Waals surface area contributed by atoms with E-state index in [0.29, 0.717) is 0 Å². The Hall–Kier alpha value is -2.73. The zero-order valence-electron chi connectivity index (χ0n) is 12.9. The number of rotatable bonds is 4. The molecule has 1 aromatic rings. The van der Waals surface area contributed by atoms with Crippen LogP contribution in [0.1, 0.15) is 5.56 Å². The van der Waals surface area contributed by atoms with Crippen molar-refractivity contribution < 1.29 is 24.1 Å². The van der Waals surface area contributed by atoms with E-state index >= 15 is 0 Å². The molecule has 1 aliphatic carbocycles. The van der Waals surface area contributed by atoms with Crippen LogP contribution < -0.4 is 0 Å². The maximum Gasteiger partial charge on any atom is 0.254 e. The van der Waals surface area contributed by atoms with E-state index in [1.54, 1.807) is 0 Å². The molecule has 0 aliphatic heterocycles. The highest BCUT2D eigenvalue weighted by molar-refractivity contribution is 6.12. The molecule has 0 bridgehead atoms. The summed E-state index contributed by atoms with van der Waals surface area (Å²) in [6.07, 6.45) is 0. The predicted molar refractivity (Wildman–Crippen MR) is 82.9 cm³/mol. The lowest BCUT2D eigenvalue weighted by Crippen LogP contribution is -2.51. The molecule has 1 N–H and O–H groups in total. The van der Waals surface area contributed by atoms with Gasteiger partial charge in [-0.05, 0) is 18.1 Å². The van der Waals surface area contributed by atoms with Crippen LogP contribution >= 0.6 is 0 Å². The third kappa shape index (κ3) is 3.54. The van der Waals surface area contributed by atoms with Gasteiger partial charge in [-0.15, -0.1) is 0 Å².